The van der Waals surface area contributed by atoms with Gasteiger partial charge in [0.1, 0.15) is 11.6 Å². The Morgan fingerprint density at radius 2 is 1.74 bits per heavy atom. The van der Waals surface area contributed by atoms with Gasteiger partial charge in [0.05, 0.1) is 17.1 Å². The lowest BCUT2D eigenvalue weighted by molar-refractivity contribution is -0.115. The summed E-state index contributed by atoms with van der Waals surface area (Å²) in [5, 5.41) is 0. The van der Waals surface area contributed by atoms with Crippen LogP contribution >= 0.6 is 11.6 Å². The molecule has 2 aromatic rings. The lowest BCUT2D eigenvalue weighted by Crippen LogP contribution is -2.28. The topological polar surface area (TPSA) is 45.6 Å². The van der Waals surface area contributed by atoms with Crippen molar-refractivity contribution in [3.8, 4) is 0 Å². The van der Waals surface area contributed by atoms with Crippen LogP contribution in [-0.4, -0.2) is 29.3 Å². The number of amides is 2. The van der Waals surface area contributed by atoms with Gasteiger partial charge in [0.15, 0.2) is 0 Å². The van der Waals surface area contributed by atoms with E-state index in [-0.39, 0.29) is 17.7 Å². The molecule has 2 heterocycles. The standard InChI is InChI=1S/C17H18ClN3O2/c1-10-11(2)19(3)16-15(10)21(14(22)9-18)13-8-6-5-7-12(13)20(4)17(16)23/h5-8H,9H2,1-4H3. The van der Waals surface area contributed by atoms with E-state index in [9.17, 15) is 9.59 Å². The molecule has 6 heteroatoms. The molecule has 120 valence electrons. The number of nitrogens with zero attached hydrogens (tertiary/aromatic N) is 3. The molecule has 0 bridgehead atoms. The third-order valence-electron chi connectivity index (χ3n) is 4.54. The molecule has 23 heavy (non-hydrogen) atoms. The van der Waals surface area contributed by atoms with E-state index in [0.29, 0.717) is 22.8 Å². The van der Waals surface area contributed by atoms with Gasteiger partial charge in [-0.1, -0.05) is 12.1 Å². The van der Waals surface area contributed by atoms with Crippen molar-refractivity contribution in [1.29, 1.82) is 0 Å². The smallest absolute Gasteiger partial charge is 0.276 e. The lowest BCUT2D eigenvalue weighted by Gasteiger charge is -2.24. The highest BCUT2D eigenvalue weighted by Gasteiger charge is 2.36. The predicted molar refractivity (Wildman–Crippen MR) is 91.9 cm³/mol. The van der Waals surface area contributed by atoms with Crippen LogP contribution in [0.4, 0.5) is 17.1 Å². The van der Waals surface area contributed by atoms with Gasteiger partial charge in [-0.3, -0.25) is 14.5 Å². The van der Waals surface area contributed by atoms with E-state index >= 15 is 0 Å². The number of fused-ring (bicyclic) bond motifs is 2. The van der Waals surface area contributed by atoms with Crippen LogP contribution in [-0.2, 0) is 11.8 Å². The van der Waals surface area contributed by atoms with Crippen LogP contribution in [0.15, 0.2) is 24.3 Å². The van der Waals surface area contributed by atoms with Crippen LogP contribution < -0.4 is 9.80 Å². The Labute approximate surface area is 140 Å². The maximum atomic E-state index is 13.0. The molecule has 0 atom stereocenters. The van der Waals surface area contributed by atoms with Crippen LogP contribution in [0.25, 0.3) is 0 Å². The largest absolute Gasteiger partial charge is 0.342 e. The van der Waals surface area contributed by atoms with Gasteiger partial charge in [-0.15, -0.1) is 11.6 Å². The Bertz CT molecular complexity index is 825. The average molecular weight is 332 g/mol. The van der Waals surface area contributed by atoms with Gasteiger partial charge in [0, 0.05) is 19.8 Å². The Morgan fingerprint density at radius 3 is 2.35 bits per heavy atom. The summed E-state index contributed by atoms with van der Waals surface area (Å²) in [5.41, 5.74) is 4.32. The Morgan fingerprint density at radius 1 is 1.13 bits per heavy atom. The summed E-state index contributed by atoms with van der Waals surface area (Å²) in [6, 6.07) is 7.36. The highest BCUT2D eigenvalue weighted by atomic mass is 35.5. The summed E-state index contributed by atoms with van der Waals surface area (Å²) in [6.07, 6.45) is 0. The zero-order valence-corrected chi connectivity index (χ0v) is 14.3. The van der Waals surface area contributed by atoms with Gasteiger partial charge in [-0.05, 0) is 31.5 Å². The maximum Gasteiger partial charge on any atom is 0.276 e. The molecule has 1 aromatic carbocycles. The molecule has 2 amide bonds. The third kappa shape index (κ3) is 2.07. The second kappa shape index (κ2) is 5.42. The molecular weight excluding hydrogens is 314 g/mol. The van der Waals surface area contributed by atoms with E-state index in [1.54, 1.807) is 16.8 Å². The molecule has 0 radical (unpaired) electrons. The van der Waals surface area contributed by atoms with E-state index in [0.717, 1.165) is 11.3 Å². The number of halogens is 1. The summed E-state index contributed by atoms with van der Waals surface area (Å²) in [5.74, 6) is -0.549. The first-order valence-electron chi connectivity index (χ1n) is 7.32. The van der Waals surface area contributed by atoms with Crippen molar-refractivity contribution < 1.29 is 9.59 Å². The number of rotatable bonds is 1. The molecule has 0 aliphatic carbocycles. The SMILES string of the molecule is Cc1c2c(n(C)c1C)C(=O)N(C)c1ccccc1N2C(=O)CCl. The number of hydrogen-bond donors (Lipinski definition) is 0. The van der Waals surface area contributed by atoms with Crippen LogP contribution in [0.3, 0.4) is 0 Å². The Hall–Kier alpha value is -2.27. The number of aromatic nitrogens is 1. The van der Waals surface area contributed by atoms with Gasteiger partial charge in [0.2, 0.25) is 5.91 Å². The first-order valence-corrected chi connectivity index (χ1v) is 7.85. The number of benzene rings is 1. The normalized spacial score (nSPS) is 13.7. The minimum absolute atomic E-state index is 0.143. The fourth-order valence-electron chi connectivity index (χ4n) is 3.09. The molecule has 0 fully saturated rings. The summed E-state index contributed by atoms with van der Waals surface area (Å²) in [4.78, 5) is 28.7. The third-order valence-corrected chi connectivity index (χ3v) is 4.77. The van der Waals surface area contributed by atoms with Gasteiger partial charge in [-0.2, -0.15) is 0 Å². The monoisotopic (exact) mass is 331 g/mol. The molecule has 0 N–H and O–H groups in total. The lowest BCUT2D eigenvalue weighted by atomic mass is 10.1. The maximum absolute atomic E-state index is 13.0. The highest BCUT2D eigenvalue weighted by Crippen LogP contribution is 2.43. The van der Waals surface area contributed by atoms with Crippen molar-refractivity contribution in [1.82, 2.24) is 4.57 Å². The summed E-state index contributed by atoms with van der Waals surface area (Å²) < 4.78 is 1.84. The van der Waals surface area contributed by atoms with E-state index in [1.165, 1.54) is 0 Å². The molecule has 0 saturated heterocycles. The van der Waals surface area contributed by atoms with E-state index in [4.69, 9.17) is 11.6 Å². The molecule has 0 saturated carbocycles. The molecule has 3 rings (SSSR count). The molecule has 1 aliphatic rings. The molecule has 0 unspecified atom stereocenters. The van der Waals surface area contributed by atoms with Crippen LogP contribution in [0, 0.1) is 13.8 Å². The van der Waals surface area contributed by atoms with Crippen LogP contribution in [0.5, 0.6) is 0 Å². The highest BCUT2D eigenvalue weighted by molar-refractivity contribution is 6.31. The number of hydrogen-bond acceptors (Lipinski definition) is 2. The first kappa shape index (κ1) is 15.6. The van der Waals surface area contributed by atoms with Gasteiger partial charge in [0.25, 0.3) is 5.91 Å². The fourth-order valence-corrected chi connectivity index (χ4v) is 3.21. The number of carbonyl (C=O) groups is 2. The second-order valence-electron chi connectivity index (χ2n) is 5.68. The van der Waals surface area contributed by atoms with Crippen LogP contribution in [0.1, 0.15) is 21.7 Å². The summed E-state index contributed by atoms with van der Waals surface area (Å²) in [6.45, 7) is 3.86. The van der Waals surface area contributed by atoms with Crippen molar-refractivity contribution in [3.05, 3.63) is 41.2 Å². The fraction of sp³-hybridized carbons (Fsp3) is 0.294. The van der Waals surface area contributed by atoms with Crippen molar-refractivity contribution >= 4 is 40.5 Å². The number of carbonyl (C=O) groups excluding carboxylic acids is 2. The Kier molecular flexibility index (Phi) is 3.68. The van der Waals surface area contributed by atoms with E-state index in [2.05, 4.69) is 0 Å². The summed E-state index contributed by atoms with van der Waals surface area (Å²) >= 11 is 5.85. The molecule has 1 aliphatic heterocycles. The van der Waals surface area contributed by atoms with Crippen molar-refractivity contribution in [2.75, 3.05) is 22.7 Å². The Balaban J connectivity index is 2.43. The minimum Gasteiger partial charge on any atom is -0.342 e. The van der Waals surface area contributed by atoms with Gasteiger partial charge < -0.3 is 9.47 Å². The molecule has 1 aromatic heterocycles. The predicted octanol–water partition coefficient (Wildman–Crippen LogP) is 3.14. The van der Waals surface area contributed by atoms with E-state index in [1.807, 2.05) is 49.7 Å². The number of para-hydroxylation sites is 2. The van der Waals surface area contributed by atoms with Crippen LogP contribution in [0.2, 0.25) is 0 Å². The quantitative estimate of drug-likeness (QED) is 0.754. The zero-order valence-electron chi connectivity index (χ0n) is 13.6. The molecule has 5 nitrogen and oxygen atoms in total. The average Bonchev–Trinajstić information content (AvgIpc) is 2.72. The van der Waals surface area contributed by atoms with Crippen molar-refractivity contribution in [2.24, 2.45) is 7.05 Å². The second-order valence-corrected chi connectivity index (χ2v) is 5.95. The molecular formula is C17H18ClN3O2. The summed E-state index contributed by atoms with van der Waals surface area (Å²) in [7, 11) is 3.56. The van der Waals surface area contributed by atoms with Gasteiger partial charge in [-0.25, -0.2) is 0 Å². The van der Waals surface area contributed by atoms with Crippen molar-refractivity contribution in [3.63, 3.8) is 0 Å². The number of alkyl halides is 1. The van der Waals surface area contributed by atoms with E-state index < -0.39 is 0 Å². The van der Waals surface area contributed by atoms with Gasteiger partial charge >= 0.3 is 0 Å². The first-order chi connectivity index (χ1) is 10.9. The number of anilines is 3. The van der Waals surface area contributed by atoms with Crippen molar-refractivity contribution in [2.45, 2.75) is 13.8 Å². The zero-order chi connectivity index (χ0) is 16.9. The molecule has 0 spiro atoms. The minimum atomic E-state index is -0.253.